The fourth-order valence-corrected chi connectivity index (χ4v) is 2.28. The van der Waals surface area contributed by atoms with Gasteiger partial charge in [-0.3, -0.25) is 5.01 Å². The van der Waals surface area contributed by atoms with E-state index >= 15 is 0 Å². The van der Waals surface area contributed by atoms with Crippen LogP contribution in [-0.4, -0.2) is 43.2 Å². The van der Waals surface area contributed by atoms with Gasteiger partial charge in [-0.1, -0.05) is 37.3 Å². The first-order valence-electron chi connectivity index (χ1n) is 7.76. The van der Waals surface area contributed by atoms with E-state index in [-0.39, 0.29) is 12.6 Å². The van der Waals surface area contributed by atoms with Crippen molar-refractivity contribution in [3.8, 4) is 0 Å². The Morgan fingerprint density at radius 3 is 2.43 bits per heavy atom. The molecule has 0 bridgehead atoms. The molecule has 1 aromatic rings. The number of ether oxygens (including phenoxy) is 1. The Morgan fingerprint density at radius 1 is 1.26 bits per heavy atom. The summed E-state index contributed by atoms with van der Waals surface area (Å²) in [7, 11) is 1.49. The van der Waals surface area contributed by atoms with E-state index in [0.717, 1.165) is 17.0 Å². The van der Waals surface area contributed by atoms with E-state index in [4.69, 9.17) is 4.74 Å². The highest BCUT2D eigenvalue weighted by atomic mass is 19.4. The van der Waals surface area contributed by atoms with Crippen LogP contribution in [0.15, 0.2) is 35.4 Å². The highest BCUT2D eigenvalue weighted by Crippen LogP contribution is 2.20. The molecule has 0 amide bonds. The minimum atomic E-state index is -4.29. The van der Waals surface area contributed by atoms with E-state index in [1.807, 2.05) is 37.3 Å². The van der Waals surface area contributed by atoms with Gasteiger partial charge in [0.1, 0.15) is 6.54 Å². The third-order valence-electron chi connectivity index (χ3n) is 3.51. The van der Waals surface area contributed by atoms with E-state index < -0.39 is 12.7 Å². The smallest absolute Gasteiger partial charge is 0.382 e. The molecule has 0 aromatic heterocycles. The van der Waals surface area contributed by atoms with Gasteiger partial charge in [0.15, 0.2) is 0 Å². The van der Waals surface area contributed by atoms with Crippen molar-refractivity contribution in [2.75, 3.05) is 20.3 Å². The Kier molecular flexibility index (Phi) is 8.09. The van der Waals surface area contributed by atoms with Crippen molar-refractivity contribution in [1.82, 2.24) is 5.01 Å². The second kappa shape index (κ2) is 9.55. The fraction of sp³-hybridized carbons (Fsp3) is 0.588. The number of hydrogen-bond donors (Lipinski definition) is 0. The molecule has 0 aliphatic carbocycles. The number of hydrazone groups is 1. The zero-order valence-corrected chi connectivity index (χ0v) is 13.9. The lowest BCUT2D eigenvalue weighted by Gasteiger charge is -2.29. The van der Waals surface area contributed by atoms with Crippen molar-refractivity contribution in [3.63, 3.8) is 0 Å². The zero-order chi connectivity index (χ0) is 17.3. The summed E-state index contributed by atoms with van der Waals surface area (Å²) in [6.45, 7) is 2.77. The van der Waals surface area contributed by atoms with Crippen molar-refractivity contribution in [3.05, 3.63) is 35.9 Å². The monoisotopic (exact) mass is 330 g/mol. The first kappa shape index (κ1) is 19.5. The third-order valence-corrected chi connectivity index (χ3v) is 3.51. The lowest BCUT2D eigenvalue weighted by molar-refractivity contribution is -0.153. The minimum Gasteiger partial charge on any atom is -0.382 e. The van der Waals surface area contributed by atoms with Gasteiger partial charge in [0, 0.05) is 12.8 Å². The van der Waals surface area contributed by atoms with Crippen LogP contribution in [0.1, 0.15) is 32.3 Å². The van der Waals surface area contributed by atoms with Gasteiger partial charge in [0.05, 0.1) is 12.6 Å². The Hall–Kier alpha value is -1.56. The zero-order valence-electron chi connectivity index (χ0n) is 13.9. The molecule has 130 valence electrons. The topological polar surface area (TPSA) is 24.8 Å². The van der Waals surface area contributed by atoms with Gasteiger partial charge < -0.3 is 4.74 Å². The molecule has 1 aromatic carbocycles. The number of methoxy groups -OCH3 is 1. The van der Waals surface area contributed by atoms with Gasteiger partial charge in [-0.15, -0.1) is 0 Å². The summed E-state index contributed by atoms with van der Waals surface area (Å²) in [6.07, 6.45) is -2.36. The second-order valence-electron chi connectivity index (χ2n) is 5.55. The van der Waals surface area contributed by atoms with Gasteiger partial charge in [0.2, 0.25) is 0 Å². The predicted molar refractivity (Wildman–Crippen MR) is 86.6 cm³/mol. The van der Waals surface area contributed by atoms with Crippen molar-refractivity contribution in [2.45, 2.75) is 45.3 Å². The first-order valence-corrected chi connectivity index (χ1v) is 7.76. The molecule has 0 unspecified atom stereocenters. The Balaban J connectivity index is 2.75. The molecule has 1 atom stereocenters. The molecule has 1 rings (SSSR count). The van der Waals surface area contributed by atoms with Crippen molar-refractivity contribution >= 4 is 5.71 Å². The van der Waals surface area contributed by atoms with E-state index in [9.17, 15) is 13.2 Å². The average Bonchev–Trinajstić information content (AvgIpc) is 2.49. The lowest BCUT2D eigenvalue weighted by Crippen LogP contribution is -2.41. The molecule has 3 nitrogen and oxygen atoms in total. The molecule has 0 N–H and O–H groups in total. The largest absolute Gasteiger partial charge is 0.407 e. The summed E-state index contributed by atoms with van der Waals surface area (Å²) in [5, 5.41) is 5.33. The van der Waals surface area contributed by atoms with E-state index in [0.29, 0.717) is 18.6 Å². The van der Waals surface area contributed by atoms with Gasteiger partial charge in [-0.05, 0) is 31.7 Å². The number of nitrogens with zero attached hydrogens (tertiary/aromatic N) is 2. The van der Waals surface area contributed by atoms with Gasteiger partial charge in [-0.25, -0.2) is 0 Å². The molecule has 0 radical (unpaired) electrons. The summed E-state index contributed by atoms with van der Waals surface area (Å²) in [5.41, 5.74) is 1.83. The van der Waals surface area contributed by atoms with Crippen LogP contribution in [0.25, 0.3) is 0 Å². The standard InChI is InChI=1S/C17H25F3N2O/c1-4-16(12-23-3)22(13-17(18,19)20)21-14(2)10-11-15-8-6-5-7-9-15/h5-9,16H,4,10-13H2,1-3H3/b21-14+/t16-/m1/s1. The maximum absolute atomic E-state index is 12.8. The number of hydrogen-bond acceptors (Lipinski definition) is 3. The number of halogens is 3. The summed E-state index contributed by atoms with van der Waals surface area (Å²) < 4.78 is 43.4. The number of alkyl halides is 3. The molecule has 0 saturated heterocycles. The van der Waals surface area contributed by atoms with Gasteiger partial charge in [0.25, 0.3) is 0 Å². The van der Waals surface area contributed by atoms with Crippen LogP contribution in [0.3, 0.4) is 0 Å². The Bertz CT molecular complexity index is 474. The minimum absolute atomic E-state index is 0.224. The molecule has 0 saturated carbocycles. The van der Waals surface area contributed by atoms with Gasteiger partial charge in [-0.2, -0.15) is 18.3 Å². The van der Waals surface area contributed by atoms with E-state index in [1.54, 1.807) is 6.92 Å². The van der Waals surface area contributed by atoms with Crippen LogP contribution in [-0.2, 0) is 11.2 Å². The molecular weight excluding hydrogens is 305 g/mol. The molecule has 6 heteroatoms. The van der Waals surface area contributed by atoms with E-state index in [1.165, 1.54) is 7.11 Å². The summed E-state index contributed by atoms with van der Waals surface area (Å²) in [5.74, 6) is 0. The predicted octanol–water partition coefficient (Wildman–Crippen LogP) is 4.28. The summed E-state index contributed by atoms with van der Waals surface area (Å²) >= 11 is 0. The normalized spacial score (nSPS) is 13.9. The summed E-state index contributed by atoms with van der Waals surface area (Å²) in [4.78, 5) is 0. The molecule has 0 spiro atoms. The second-order valence-corrected chi connectivity index (χ2v) is 5.55. The van der Waals surface area contributed by atoms with Crippen LogP contribution in [0.2, 0.25) is 0 Å². The Morgan fingerprint density at radius 2 is 1.91 bits per heavy atom. The van der Waals surface area contributed by atoms with Crippen LogP contribution < -0.4 is 0 Å². The lowest BCUT2D eigenvalue weighted by atomic mass is 10.1. The SMILES string of the molecule is CC[C@H](COC)N(CC(F)(F)F)/N=C(\C)CCc1ccccc1. The molecule has 23 heavy (non-hydrogen) atoms. The van der Waals surface area contributed by atoms with Crippen molar-refractivity contribution in [1.29, 1.82) is 0 Å². The maximum Gasteiger partial charge on any atom is 0.407 e. The third kappa shape index (κ3) is 8.02. The fourth-order valence-electron chi connectivity index (χ4n) is 2.28. The van der Waals surface area contributed by atoms with Crippen LogP contribution in [0.5, 0.6) is 0 Å². The quantitative estimate of drug-likeness (QED) is 0.498. The number of rotatable bonds is 9. The van der Waals surface area contributed by atoms with Crippen LogP contribution in [0.4, 0.5) is 13.2 Å². The molecule has 0 aliphatic heterocycles. The summed E-state index contributed by atoms with van der Waals surface area (Å²) in [6, 6.07) is 9.45. The highest BCUT2D eigenvalue weighted by Gasteiger charge is 2.33. The van der Waals surface area contributed by atoms with Crippen molar-refractivity contribution in [2.24, 2.45) is 5.10 Å². The van der Waals surface area contributed by atoms with Crippen LogP contribution in [0, 0.1) is 0 Å². The number of benzene rings is 1. The van der Waals surface area contributed by atoms with Gasteiger partial charge >= 0.3 is 6.18 Å². The highest BCUT2D eigenvalue weighted by molar-refractivity contribution is 5.81. The molecule has 0 heterocycles. The van der Waals surface area contributed by atoms with Crippen LogP contribution >= 0.6 is 0 Å². The van der Waals surface area contributed by atoms with Crippen molar-refractivity contribution < 1.29 is 17.9 Å². The maximum atomic E-state index is 12.8. The molecular formula is C17H25F3N2O. The van der Waals surface area contributed by atoms with E-state index in [2.05, 4.69) is 5.10 Å². The number of aryl methyl sites for hydroxylation is 1. The average molecular weight is 330 g/mol. The molecule has 0 aliphatic rings. The first-order chi connectivity index (χ1) is 10.9. The molecule has 0 fully saturated rings. The Labute approximate surface area is 136 Å².